The van der Waals surface area contributed by atoms with E-state index in [9.17, 15) is 8.78 Å². The van der Waals surface area contributed by atoms with E-state index >= 15 is 0 Å². The Hall–Kier alpha value is -1.90. The quantitative estimate of drug-likeness (QED) is 0.769. The molecule has 2 aromatic carbocycles. The van der Waals surface area contributed by atoms with Crippen LogP contribution in [0.1, 0.15) is 12.0 Å². The Bertz CT molecular complexity index is 475. The second kappa shape index (κ2) is 4.95. The molecule has 0 amide bonds. The summed E-state index contributed by atoms with van der Waals surface area (Å²) in [5.41, 5.74) is 1.94. The monoisotopic (exact) mass is 234 g/mol. The van der Waals surface area contributed by atoms with Crippen LogP contribution >= 0.6 is 0 Å². The lowest BCUT2D eigenvalue weighted by Gasteiger charge is -2.05. The van der Waals surface area contributed by atoms with Crippen molar-refractivity contribution >= 4 is 0 Å². The second-order valence-electron chi connectivity index (χ2n) is 3.65. The molecule has 0 atom stereocenters. The van der Waals surface area contributed by atoms with E-state index in [1.807, 2.05) is 24.3 Å². The Morgan fingerprint density at radius 2 is 1.29 bits per heavy atom. The van der Waals surface area contributed by atoms with Crippen LogP contribution in [0.15, 0.2) is 48.5 Å². The molecule has 0 aliphatic heterocycles. The summed E-state index contributed by atoms with van der Waals surface area (Å²) in [7, 11) is 1.60. The van der Waals surface area contributed by atoms with Crippen LogP contribution < -0.4 is 4.74 Å². The lowest BCUT2D eigenvalue weighted by atomic mass is 10.0. The topological polar surface area (TPSA) is 9.23 Å². The van der Waals surface area contributed by atoms with Crippen LogP contribution in [0.2, 0.25) is 0 Å². The average molecular weight is 234 g/mol. The minimum Gasteiger partial charge on any atom is -0.497 e. The maximum Gasteiger partial charge on any atom is 0.263 e. The summed E-state index contributed by atoms with van der Waals surface area (Å²) < 4.78 is 29.8. The van der Waals surface area contributed by atoms with Crippen molar-refractivity contribution in [2.45, 2.75) is 6.43 Å². The molecule has 0 bridgehead atoms. The van der Waals surface area contributed by atoms with Gasteiger partial charge in [-0.2, -0.15) is 0 Å². The van der Waals surface area contributed by atoms with Crippen LogP contribution in [-0.4, -0.2) is 7.11 Å². The van der Waals surface area contributed by atoms with E-state index in [0.29, 0.717) is 0 Å². The normalized spacial score (nSPS) is 10.6. The SMILES string of the molecule is COc1ccc(-c2ccc(C(F)F)cc2)cc1. The van der Waals surface area contributed by atoms with Gasteiger partial charge in [0.1, 0.15) is 5.75 Å². The minimum atomic E-state index is -2.42. The van der Waals surface area contributed by atoms with Crippen LogP contribution in [0.4, 0.5) is 8.78 Å². The zero-order chi connectivity index (χ0) is 12.3. The highest BCUT2D eigenvalue weighted by Crippen LogP contribution is 2.25. The Kier molecular flexibility index (Phi) is 3.38. The summed E-state index contributed by atoms with van der Waals surface area (Å²) >= 11 is 0. The molecular weight excluding hydrogens is 222 g/mol. The van der Waals surface area contributed by atoms with Gasteiger partial charge >= 0.3 is 0 Å². The summed E-state index contributed by atoms with van der Waals surface area (Å²) in [5.74, 6) is 0.776. The number of alkyl halides is 2. The number of ether oxygens (including phenoxy) is 1. The van der Waals surface area contributed by atoms with Gasteiger partial charge in [-0.05, 0) is 23.3 Å². The third-order valence-corrected chi connectivity index (χ3v) is 2.59. The van der Waals surface area contributed by atoms with Crippen LogP contribution in [-0.2, 0) is 0 Å². The lowest BCUT2D eigenvalue weighted by Crippen LogP contribution is -1.85. The summed E-state index contributed by atoms with van der Waals surface area (Å²) in [5, 5.41) is 0. The predicted octanol–water partition coefficient (Wildman–Crippen LogP) is 4.30. The van der Waals surface area contributed by atoms with Crippen molar-refractivity contribution in [3.63, 3.8) is 0 Å². The standard InChI is InChI=1S/C14H12F2O/c1-17-13-8-6-11(7-9-13)10-2-4-12(5-3-10)14(15)16/h2-9,14H,1H3. The molecule has 0 saturated carbocycles. The van der Waals surface area contributed by atoms with Gasteiger partial charge in [0.15, 0.2) is 0 Å². The molecule has 17 heavy (non-hydrogen) atoms. The number of halogens is 2. The number of methoxy groups -OCH3 is 1. The molecule has 0 saturated heterocycles. The van der Waals surface area contributed by atoms with Gasteiger partial charge in [-0.1, -0.05) is 36.4 Å². The van der Waals surface area contributed by atoms with Gasteiger partial charge in [0, 0.05) is 5.56 Å². The average Bonchev–Trinajstić information content (AvgIpc) is 2.39. The summed E-state index contributed by atoms with van der Waals surface area (Å²) in [6.45, 7) is 0. The van der Waals surface area contributed by atoms with Gasteiger partial charge in [-0.15, -0.1) is 0 Å². The van der Waals surface area contributed by atoms with Gasteiger partial charge in [-0.3, -0.25) is 0 Å². The van der Waals surface area contributed by atoms with E-state index < -0.39 is 6.43 Å². The molecule has 3 heteroatoms. The second-order valence-corrected chi connectivity index (χ2v) is 3.65. The van der Waals surface area contributed by atoms with E-state index in [2.05, 4.69) is 0 Å². The first-order chi connectivity index (χ1) is 8.20. The maximum atomic E-state index is 12.4. The van der Waals surface area contributed by atoms with Crippen molar-refractivity contribution < 1.29 is 13.5 Å². The molecule has 2 aromatic rings. The molecule has 0 unspecified atom stereocenters. The molecule has 0 aliphatic rings. The Labute approximate surface area is 98.7 Å². The first kappa shape index (κ1) is 11.6. The highest BCUT2D eigenvalue weighted by Gasteiger charge is 2.06. The molecule has 0 aliphatic carbocycles. The number of hydrogen-bond acceptors (Lipinski definition) is 1. The van der Waals surface area contributed by atoms with Gasteiger partial charge in [0.2, 0.25) is 0 Å². The molecule has 0 aromatic heterocycles. The summed E-state index contributed by atoms with van der Waals surface area (Å²) in [6, 6.07) is 13.8. The fraction of sp³-hybridized carbons (Fsp3) is 0.143. The van der Waals surface area contributed by atoms with E-state index in [4.69, 9.17) is 4.74 Å². The number of benzene rings is 2. The zero-order valence-corrected chi connectivity index (χ0v) is 9.36. The molecule has 0 heterocycles. The molecule has 0 fully saturated rings. The Morgan fingerprint density at radius 3 is 1.71 bits per heavy atom. The van der Waals surface area contributed by atoms with Gasteiger partial charge in [0.25, 0.3) is 6.43 Å². The van der Waals surface area contributed by atoms with Crippen molar-refractivity contribution in [3.8, 4) is 16.9 Å². The van der Waals surface area contributed by atoms with Crippen LogP contribution in [0, 0.1) is 0 Å². The first-order valence-electron chi connectivity index (χ1n) is 5.23. The molecular formula is C14H12F2O. The van der Waals surface area contributed by atoms with Crippen molar-refractivity contribution in [2.24, 2.45) is 0 Å². The van der Waals surface area contributed by atoms with E-state index in [-0.39, 0.29) is 5.56 Å². The minimum absolute atomic E-state index is 0.0438. The lowest BCUT2D eigenvalue weighted by molar-refractivity contribution is 0.151. The smallest absolute Gasteiger partial charge is 0.263 e. The third kappa shape index (κ3) is 2.61. The fourth-order valence-corrected chi connectivity index (χ4v) is 1.60. The van der Waals surface area contributed by atoms with E-state index in [1.54, 1.807) is 19.2 Å². The fourth-order valence-electron chi connectivity index (χ4n) is 1.60. The van der Waals surface area contributed by atoms with Crippen molar-refractivity contribution in [3.05, 3.63) is 54.1 Å². The summed E-state index contributed by atoms with van der Waals surface area (Å²) in [6.07, 6.45) is -2.42. The molecule has 0 spiro atoms. The summed E-state index contributed by atoms with van der Waals surface area (Å²) in [4.78, 5) is 0. The van der Waals surface area contributed by atoms with E-state index in [1.165, 1.54) is 12.1 Å². The van der Waals surface area contributed by atoms with Crippen LogP contribution in [0.3, 0.4) is 0 Å². The molecule has 1 nitrogen and oxygen atoms in total. The molecule has 0 N–H and O–H groups in total. The third-order valence-electron chi connectivity index (χ3n) is 2.59. The highest BCUT2D eigenvalue weighted by atomic mass is 19.3. The predicted molar refractivity (Wildman–Crippen MR) is 63.4 cm³/mol. The van der Waals surface area contributed by atoms with Crippen LogP contribution in [0.5, 0.6) is 5.75 Å². The zero-order valence-electron chi connectivity index (χ0n) is 9.36. The maximum absolute atomic E-state index is 12.4. The largest absolute Gasteiger partial charge is 0.497 e. The number of hydrogen-bond donors (Lipinski definition) is 0. The molecule has 2 rings (SSSR count). The van der Waals surface area contributed by atoms with Crippen molar-refractivity contribution in [1.82, 2.24) is 0 Å². The number of rotatable bonds is 3. The highest BCUT2D eigenvalue weighted by molar-refractivity contribution is 5.64. The van der Waals surface area contributed by atoms with E-state index in [0.717, 1.165) is 16.9 Å². The van der Waals surface area contributed by atoms with Crippen molar-refractivity contribution in [1.29, 1.82) is 0 Å². The first-order valence-corrected chi connectivity index (χ1v) is 5.23. The van der Waals surface area contributed by atoms with Gasteiger partial charge in [0.05, 0.1) is 7.11 Å². The van der Waals surface area contributed by atoms with Gasteiger partial charge < -0.3 is 4.74 Å². The van der Waals surface area contributed by atoms with Gasteiger partial charge in [-0.25, -0.2) is 8.78 Å². The Balaban J connectivity index is 2.26. The Morgan fingerprint density at radius 1 is 0.824 bits per heavy atom. The van der Waals surface area contributed by atoms with Crippen molar-refractivity contribution in [2.75, 3.05) is 7.11 Å². The molecule has 0 radical (unpaired) electrons. The van der Waals surface area contributed by atoms with Crippen LogP contribution in [0.25, 0.3) is 11.1 Å². The molecule has 88 valence electrons.